The molecule has 0 saturated heterocycles. The van der Waals surface area contributed by atoms with E-state index in [9.17, 15) is 107 Å². The van der Waals surface area contributed by atoms with Crippen LogP contribution in [0.3, 0.4) is 0 Å². The lowest BCUT2D eigenvalue weighted by Gasteiger charge is -2.42. The standard InChI is InChI=1S/C28H16F26O2/c29-17(30,19(33,34)21(37,38)23(41,42)25(45,46)27(49,50)51)9-15(11-1-5-13(55)6-2-11)16(12-3-7-14(56)8-4-12)10-18(31,32)20(35,36)22(39,40)24(43,44)26(47,48)28(52,53)54/h1-8,15-16,55-56H,9-10H2/t15-,16-/m0/s1. The Hall–Kier alpha value is -3.78. The van der Waals surface area contributed by atoms with Crippen molar-refractivity contribution in [3.8, 4) is 11.5 Å². The van der Waals surface area contributed by atoms with Gasteiger partial charge in [0.15, 0.2) is 0 Å². The lowest BCUT2D eigenvalue weighted by atomic mass is 9.73. The van der Waals surface area contributed by atoms with E-state index >= 15 is 17.6 Å². The Kier molecular flexibility index (Phi) is 12.1. The molecule has 2 aromatic carbocycles. The summed E-state index contributed by atoms with van der Waals surface area (Å²) in [6.07, 6.45) is -23.1. The van der Waals surface area contributed by atoms with Crippen LogP contribution in [0, 0.1) is 0 Å². The predicted molar refractivity (Wildman–Crippen MR) is 133 cm³/mol. The number of hydrogen-bond donors (Lipinski definition) is 2. The maximum Gasteiger partial charge on any atom is 0.460 e. The highest BCUT2D eigenvalue weighted by Crippen LogP contribution is 2.64. The third-order valence-corrected chi connectivity index (χ3v) is 8.08. The molecule has 0 amide bonds. The summed E-state index contributed by atoms with van der Waals surface area (Å²) in [6, 6.07) is 1.09. The van der Waals surface area contributed by atoms with E-state index in [1.807, 2.05) is 0 Å². The van der Waals surface area contributed by atoms with Gasteiger partial charge in [0.1, 0.15) is 11.5 Å². The average molecular weight is 878 g/mol. The number of phenols is 2. The Labute approximate surface area is 292 Å². The third kappa shape index (κ3) is 7.40. The Morgan fingerprint density at radius 3 is 0.696 bits per heavy atom. The smallest absolute Gasteiger partial charge is 0.460 e. The molecule has 2 aromatic rings. The Bertz CT molecular complexity index is 1530. The summed E-state index contributed by atoms with van der Waals surface area (Å²) in [5.41, 5.74) is -2.99. The van der Waals surface area contributed by atoms with Gasteiger partial charge in [0.25, 0.3) is 0 Å². The number of rotatable bonds is 15. The second kappa shape index (κ2) is 14.0. The van der Waals surface area contributed by atoms with Crippen LogP contribution in [0.25, 0.3) is 0 Å². The monoisotopic (exact) mass is 878 g/mol. The fourth-order valence-corrected chi connectivity index (χ4v) is 4.84. The molecule has 0 fully saturated rings. The number of benzene rings is 2. The van der Waals surface area contributed by atoms with Gasteiger partial charge in [0.2, 0.25) is 0 Å². The number of phenolic OH excluding ortho intramolecular Hbond substituents is 2. The van der Waals surface area contributed by atoms with Crippen LogP contribution in [0.5, 0.6) is 11.5 Å². The fraction of sp³-hybridized carbons (Fsp3) is 0.571. The quantitative estimate of drug-likeness (QED) is 0.175. The summed E-state index contributed by atoms with van der Waals surface area (Å²) >= 11 is 0. The molecule has 0 saturated carbocycles. The zero-order valence-corrected chi connectivity index (χ0v) is 25.9. The molecule has 56 heavy (non-hydrogen) atoms. The van der Waals surface area contributed by atoms with Crippen molar-refractivity contribution < 1.29 is 124 Å². The van der Waals surface area contributed by atoms with E-state index in [4.69, 9.17) is 0 Å². The minimum atomic E-state index is -8.55. The number of halogens is 26. The van der Waals surface area contributed by atoms with E-state index in [2.05, 4.69) is 0 Å². The van der Waals surface area contributed by atoms with Crippen molar-refractivity contribution >= 4 is 0 Å². The lowest BCUT2D eigenvalue weighted by Crippen LogP contribution is -2.70. The van der Waals surface area contributed by atoms with Crippen LogP contribution in [-0.2, 0) is 0 Å². The molecule has 0 aromatic heterocycles. The summed E-state index contributed by atoms with van der Waals surface area (Å²) < 4.78 is 361. The minimum absolute atomic E-state index is 0.0646. The Morgan fingerprint density at radius 2 is 0.500 bits per heavy atom. The van der Waals surface area contributed by atoms with E-state index in [1.54, 1.807) is 0 Å². The highest BCUT2D eigenvalue weighted by atomic mass is 19.4. The average Bonchev–Trinajstić information content (AvgIpc) is 3.01. The van der Waals surface area contributed by atoms with Gasteiger partial charge in [-0.25, -0.2) is 0 Å². The van der Waals surface area contributed by atoms with E-state index in [0.717, 1.165) is 0 Å². The molecular weight excluding hydrogens is 862 g/mol. The van der Waals surface area contributed by atoms with E-state index in [1.165, 1.54) is 0 Å². The van der Waals surface area contributed by atoms with Crippen molar-refractivity contribution in [2.75, 3.05) is 0 Å². The van der Waals surface area contributed by atoms with Gasteiger partial charge < -0.3 is 10.2 Å². The van der Waals surface area contributed by atoms with Gasteiger partial charge in [-0.15, -0.1) is 0 Å². The van der Waals surface area contributed by atoms with Crippen LogP contribution in [0.15, 0.2) is 48.5 Å². The molecular formula is C28H16F26O2. The van der Waals surface area contributed by atoms with Crippen molar-refractivity contribution in [1.29, 1.82) is 0 Å². The van der Waals surface area contributed by atoms with Crippen molar-refractivity contribution in [3.63, 3.8) is 0 Å². The number of aromatic hydroxyl groups is 2. The van der Waals surface area contributed by atoms with E-state index in [-0.39, 0.29) is 48.5 Å². The summed E-state index contributed by atoms with van der Waals surface area (Å²) in [7, 11) is 0. The summed E-state index contributed by atoms with van der Waals surface area (Å²) in [5.74, 6) is -91.2. The molecule has 0 aliphatic heterocycles. The number of hydrogen-bond acceptors (Lipinski definition) is 2. The van der Waals surface area contributed by atoms with Gasteiger partial charge in [-0.05, 0) is 47.2 Å². The molecule has 0 bridgehead atoms. The van der Waals surface area contributed by atoms with Crippen molar-refractivity contribution in [1.82, 2.24) is 0 Å². The normalized spacial score (nSPS) is 16.5. The summed E-state index contributed by atoms with van der Waals surface area (Å²) in [5, 5.41) is 18.9. The first-order valence-electron chi connectivity index (χ1n) is 13.9. The van der Waals surface area contributed by atoms with Gasteiger partial charge in [0.05, 0.1) is 0 Å². The zero-order chi connectivity index (χ0) is 44.5. The SMILES string of the molecule is Oc1ccc([C@H](CC(F)(F)C(F)(F)C(F)(F)C(F)(F)C(F)(F)C(F)(F)F)[C@@H](CC(F)(F)C(F)(F)C(F)(F)C(F)(F)C(F)(F)C(F)(F)F)c2ccc(O)cc2)cc1. The summed E-state index contributed by atoms with van der Waals surface area (Å²) in [4.78, 5) is 0. The second-order valence-corrected chi connectivity index (χ2v) is 11.8. The topological polar surface area (TPSA) is 40.5 Å². The van der Waals surface area contributed by atoms with Gasteiger partial charge in [-0.1, -0.05) is 24.3 Å². The largest absolute Gasteiger partial charge is 0.508 e. The molecule has 0 spiro atoms. The molecule has 0 unspecified atom stereocenters. The molecule has 2 rings (SSSR count). The lowest BCUT2D eigenvalue weighted by molar-refractivity contribution is -0.441. The molecule has 0 aliphatic rings. The minimum Gasteiger partial charge on any atom is -0.508 e. The maximum atomic E-state index is 15.2. The molecule has 0 heterocycles. The zero-order valence-electron chi connectivity index (χ0n) is 25.9. The first kappa shape index (κ1) is 48.4. The van der Waals surface area contributed by atoms with Crippen LogP contribution < -0.4 is 0 Å². The first-order valence-corrected chi connectivity index (χ1v) is 13.9. The van der Waals surface area contributed by atoms with Crippen LogP contribution in [-0.4, -0.2) is 81.8 Å². The molecule has 322 valence electrons. The van der Waals surface area contributed by atoms with Gasteiger partial charge >= 0.3 is 71.6 Å². The molecule has 2 atom stereocenters. The first-order chi connectivity index (χ1) is 24.4. The highest BCUT2D eigenvalue weighted by molar-refractivity contribution is 5.36. The van der Waals surface area contributed by atoms with Crippen LogP contribution >= 0.6 is 0 Å². The summed E-state index contributed by atoms with van der Waals surface area (Å²) in [6.45, 7) is 0. The Balaban J connectivity index is 2.96. The second-order valence-electron chi connectivity index (χ2n) is 11.8. The Morgan fingerprint density at radius 1 is 0.304 bits per heavy atom. The molecule has 0 aliphatic carbocycles. The number of alkyl halides is 26. The van der Waals surface area contributed by atoms with Gasteiger partial charge in [-0.2, -0.15) is 114 Å². The van der Waals surface area contributed by atoms with Crippen LogP contribution in [0.2, 0.25) is 0 Å². The highest BCUT2D eigenvalue weighted by Gasteiger charge is 2.92. The third-order valence-electron chi connectivity index (χ3n) is 8.08. The van der Waals surface area contributed by atoms with Crippen molar-refractivity contribution in [2.45, 2.75) is 96.3 Å². The van der Waals surface area contributed by atoms with E-state index in [0.29, 0.717) is 0 Å². The van der Waals surface area contributed by atoms with Gasteiger partial charge in [0, 0.05) is 12.8 Å². The van der Waals surface area contributed by atoms with Gasteiger partial charge in [-0.3, -0.25) is 0 Å². The van der Waals surface area contributed by atoms with E-state index < -0.39 is 119 Å². The fourth-order valence-electron chi connectivity index (χ4n) is 4.84. The van der Waals surface area contributed by atoms with Crippen molar-refractivity contribution in [2.24, 2.45) is 0 Å². The molecule has 2 N–H and O–H groups in total. The maximum absolute atomic E-state index is 15.2. The molecule has 0 radical (unpaired) electrons. The predicted octanol–water partition coefficient (Wildman–Crippen LogP) is 12.2. The molecule has 2 nitrogen and oxygen atoms in total. The molecule has 28 heteroatoms. The van der Waals surface area contributed by atoms with Crippen molar-refractivity contribution in [3.05, 3.63) is 59.7 Å². The van der Waals surface area contributed by atoms with Crippen LogP contribution in [0.1, 0.15) is 35.8 Å². The van der Waals surface area contributed by atoms with Crippen LogP contribution in [0.4, 0.5) is 114 Å².